The number of hydrogen-bond donors (Lipinski definition) is 0. The first-order valence-electron chi connectivity index (χ1n) is 4.90. The molecule has 1 aromatic carbocycles. The van der Waals surface area contributed by atoms with Crippen molar-refractivity contribution in [3.63, 3.8) is 0 Å². The van der Waals surface area contributed by atoms with Crippen molar-refractivity contribution in [2.75, 3.05) is 0 Å². The Morgan fingerprint density at radius 1 is 1.36 bits per heavy atom. The lowest BCUT2D eigenvalue weighted by molar-refractivity contribution is 0.375. The number of fused-ring (bicyclic) bond motifs is 1. The molecule has 0 aliphatic heterocycles. The maximum atomic E-state index is 5.34. The Bertz CT molecular complexity index is 473. The fraction of sp³-hybridized carbons (Fsp3) is 0.364. The molecule has 1 fully saturated rings. The van der Waals surface area contributed by atoms with Crippen LogP contribution >= 0.6 is 15.9 Å². The van der Waals surface area contributed by atoms with E-state index in [1.54, 1.807) is 0 Å². The van der Waals surface area contributed by atoms with Gasteiger partial charge in [0, 0.05) is 11.3 Å². The summed E-state index contributed by atoms with van der Waals surface area (Å²) in [6.45, 7) is 0. The highest BCUT2D eigenvalue weighted by molar-refractivity contribution is 9.10. The minimum absolute atomic E-state index is 0.630. The monoisotopic (exact) mass is 251 g/mol. The van der Waals surface area contributed by atoms with Crippen molar-refractivity contribution in [3.8, 4) is 0 Å². The molecule has 0 spiro atoms. The van der Waals surface area contributed by atoms with Crippen LogP contribution in [0.4, 0.5) is 0 Å². The largest absolute Gasteiger partial charge is 0.355 e. The van der Waals surface area contributed by atoms with E-state index >= 15 is 0 Å². The lowest BCUT2D eigenvalue weighted by atomic mass is 9.82. The molecule has 0 N–H and O–H groups in total. The van der Waals surface area contributed by atoms with Crippen molar-refractivity contribution in [2.24, 2.45) is 0 Å². The van der Waals surface area contributed by atoms with Crippen LogP contribution in [0.15, 0.2) is 27.2 Å². The minimum atomic E-state index is 0.630. The van der Waals surface area contributed by atoms with Crippen LogP contribution < -0.4 is 0 Å². The van der Waals surface area contributed by atoms with Crippen molar-refractivity contribution < 1.29 is 4.52 Å². The van der Waals surface area contributed by atoms with Crippen molar-refractivity contribution in [2.45, 2.75) is 25.2 Å². The molecule has 2 nitrogen and oxygen atoms in total. The summed E-state index contributed by atoms with van der Waals surface area (Å²) in [7, 11) is 0. The number of halogens is 1. The first kappa shape index (κ1) is 8.48. The van der Waals surface area contributed by atoms with Gasteiger partial charge in [0.1, 0.15) is 0 Å². The van der Waals surface area contributed by atoms with Gasteiger partial charge in [0.15, 0.2) is 5.58 Å². The van der Waals surface area contributed by atoms with Crippen LogP contribution in [0.2, 0.25) is 0 Å². The zero-order valence-corrected chi connectivity index (χ0v) is 9.25. The van der Waals surface area contributed by atoms with Crippen LogP contribution in [-0.4, -0.2) is 5.16 Å². The lowest BCUT2D eigenvalue weighted by Gasteiger charge is -2.22. The van der Waals surface area contributed by atoms with Crippen molar-refractivity contribution in [3.05, 3.63) is 28.4 Å². The van der Waals surface area contributed by atoms with Crippen molar-refractivity contribution in [1.29, 1.82) is 0 Å². The highest BCUT2D eigenvalue weighted by Crippen LogP contribution is 2.40. The SMILES string of the molecule is Brc1cccc2c(C3CCC3)noc12. The third-order valence-corrected chi connectivity index (χ3v) is 3.59. The van der Waals surface area contributed by atoms with E-state index in [9.17, 15) is 0 Å². The van der Waals surface area contributed by atoms with Crippen LogP contribution in [0.5, 0.6) is 0 Å². The quantitative estimate of drug-likeness (QED) is 0.770. The molecule has 0 amide bonds. The molecule has 0 bridgehead atoms. The topological polar surface area (TPSA) is 26.0 Å². The Labute approximate surface area is 90.4 Å². The van der Waals surface area contributed by atoms with Gasteiger partial charge in [-0.2, -0.15) is 0 Å². The molecule has 0 unspecified atom stereocenters. The fourth-order valence-corrected chi connectivity index (χ4v) is 2.36. The highest BCUT2D eigenvalue weighted by Gasteiger charge is 2.25. The van der Waals surface area contributed by atoms with Crippen LogP contribution in [0.1, 0.15) is 30.9 Å². The summed E-state index contributed by atoms with van der Waals surface area (Å²) in [4.78, 5) is 0. The Balaban J connectivity index is 2.20. The smallest absolute Gasteiger partial charge is 0.181 e. The summed E-state index contributed by atoms with van der Waals surface area (Å²) in [5.41, 5.74) is 2.03. The molecule has 0 saturated heterocycles. The highest BCUT2D eigenvalue weighted by atomic mass is 79.9. The van der Waals surface area contributed by atoms with Gasteiger partial charge in [0.2, 0.25) is 0 Å². The minimum Gasteiger partial charge on any atom is -0.355 e. The van der Waals surface area contributed by atoms with E-state index in [1.165, 1.54) is 24.6 Å². The van der Waals surface area contributed by atoms with Crippen LogP contribution in [0.25, 0.3) is 11.0 Å². The van der Waals surface area contributed by atoms with Gasteiger partial charge in [-0.15, -0.1) is 0 Å². The third-order valence-electron chi connectivity index (χ3n) is 2.97. The number of rotatable bonds is 1. The van der Waals surface area contributed by atoms with E-state index in [2.05, 4.69) is 27.2 Å². The second-order valence-electron chi connectivity index (χ2n) is 3.81. The van der Waals surface area contributed by atoms with Gasteiger partial charge in [0.05, 0.1) is 10.2 Å². The molecular weight excluding hydrogens is 242 g/mol. The molecule has 14 heavy (non-hydrogen) atoms. The summed E-state index contributed by atoms with van der Waals surface area (Å²) in [5, 5.41) is 5.34. The normalized spacial score (nSPS) is 17.2. The van der Waals surface area contributed by atoms with E-state index in [1.807, 2.05) is 12.1 Å². The van der Waals surface area contributed by atoms with E-state index < -0.39 is 0 Å². The molecule has 1 aliphatic carbocycles. The van der Waals surface area contributed by atoms with E-state index in [4.69, 9.17) is 4.52 Å². The van der Waals surface area contributed by atoms with Gasteiger partial charge in [-0.05, 0) is 40.9 Å². The maximum absolute atomic E-state index is 5.34. The second-order valence-corrected chi connectivity index (χ2v) is 4.67. The van der Waals surface area contributed by atoms with Crippen molar-refractivity contribution >= 4 is 26.9 Å². The Morgan fingerprint density at radius 2 is 2.21 bits per heavy atom. The summed E-state index contributed by atoms with van der Waals surface area (Å²) in [6.07, 6.45) is 3.84. The molecule has 0 radical (unpaired) electrons. The number of hydrogen-bond acceptors (Lipinski definition) is 2. The zero-order chi connectivity index (χ0) is 9.54. The molecular formula is C11H10BrNO. The fourth-order valence-electron chi connectivity index (χ4n) is 1.92. The molecule has 72 valence electrons. The predicted octanol–water partition coefficient (Wildman–Crippen LogP) is 3.86. The van der Waals surface area contributed by atoms with E-state index in [0.717, 1.165) is 15.7 Å². The Kier molecular flexibility index (Phi) is 1.87. The molecule has 3 heteroatoms. The van der Waals surface area contributed by atoms with Gasteiger partial charge in [-0.3, -0.25) is 0 Å². The number of aromatic nitrogens is 1. The first-order chi connectivity index (χ1) is 6.86. The number of benzene rings is 1. The maximum Gasteiger partial charge on any atom is 0.181 e. The molecule has 2 aromatic rings. The van der Waals surface area contributed by atoms with Gasteiger partial charge < -0.3 is 4.52 Å². The van der Waals surface area contributed by atoms with Crippen LogP contribution in [0.3, 0.4) is 0 Å². The van der Waals surface area contributed by atoms with Crippen LogP contribution in [-0.2, 0) is 0 Å². The average Bonchev–Trinajstić information content (AvgIpc) is 2.48. The van der Waals surface area contributed by atoms with Gasteiger partial charge in [0.25, 0.3) is 0 Å². The molecule has 3 rings (SSSR count). The number of para-hydroxylation sites is 1. The Morgan fingerprint density at radius 3 is 2.93 bits per heavy atom. The van der Waals surface area contributed by atoms with Gasteiger partial charge in [-0.1, -0.05) is 17.6 Å². The lowest BCUT2D eigenvalue weighted by Crippen LogP contribution is -2.09. The summed E-state index contributed by atoms with van der Waals surface area (Å²) in [6, 6.07) is 6.11. The Hall–Kier alpha value is -0.830. The predicted molar refractivity (Wildman–Crippen MR) is 58.3 cm³/mol. The molecule has 1 heterocycles. The third kappa shape index (κ3) is 1.12. The molecule has 1 aromatic heterocycles. The second kappa shape index (κ2) is 3.09. The molecule has 1 aliphatic rings. The number of nitrogens with zero attached hydrogens (tertiary/aromatic N) is 1. The first-order valence-corrected chi connectivity index (χ1v) is 5.69. The summed E-state index contributed by atoms with van der Waals surface area (Å²) < 4.78 is 6.33. The average molecular weight is 252 g/mol. The van der Waals surface area contributed by atoms with E-state index in [0.29, 0.717) is 5.92 Å². The summed E-state index contributed by atoms with van der Waals surface area (Å²) in [5.74, 6) is 0.630. The molecule has 0 atom stereocenters. The van der Waals surface area contributed by atoms with Gasteiger partial charge in [-0.25, -0.2) is 0 Å². The zero-order valence-electron chi connectivity index (χ0n) is 7.66. The van der Waals surface area contributed by atoms with Gasteiger partial charge >= 0.3 is 0 Å². The standard InChI is InChI=1S/C11H10BrNO/c12-9-6-2-5-8-10(7-3-1-4-7)13-14-11(8)9/h2,5-7H,1,3-4H2. The van der Waals surface area contributed by atoms with E-state index in [-0.39, 0.29) is 0 Å². The summed E-state index contributed by atoms with van der Waals surface area (Å²) >= 11 is 3.47. The van der Waals surface area contributed by atoms with Crippen LogP contribution in [0, 0.1) is 0 Å². The molecule has 1 saturated carbocycles. The van der Waals surface area contributed by atoms with Crippen molar-refractivity contribution in [1.82, 2.24) is 5.16 Å².